The molecule has 1 saturated carbocycles. The molecule has 132 valence electrons. The van der Waals surface area contributed by atoms with Gasteiger partial charge in [0.15, 0.2) is 6.29 Å². The summed E-state index contributed by atoms with van der Waals surface area (Å²) in [6.07, 6.45) is -0.366. The summed E-state index contributed by atoms with van der Waals surface area (Å²) in [5.41, 5.74) is 1.68. The number of rotatable bonds is 2. The number of hydrogen-bond donors (Lipinski definition) is 1. The average Bonchev–Trinajstić information content (AvgIpc) is 3.35. The molecule has 0 aromatic heterocycles. The van der Waals surface area contributed by atoms with E-state index in [2.05, 4.69) is 0 Å². The molecule has 3 heterocycles. The highest BCUT2D eigenvalue weighted by Crippen LogP contribution is 2.73. The van der Waals surface area contributed by atoms with E-state index in [1.807, 2.05) is 60.7 Å². The van der Waals surface area contributed by atoms with Gasteiger partial charge in [-0.1, -0.05) is 60.7 Å². The zero-order chi connectivity index (χ0) is 17.5. The van der Waals surface area contributed by atoms with Crippen molar-refractivity contribution in [1.82, 2.24) is 0 Å². The van der Waals surface area contributed by atoms with Gasteiger partial charge < -0.3 is 14.6 Å². The molecular formula is C21H18O5. The standard InChI is InChI=1S/C21H18O5/c22-18-14-11-15-17-16(14)20(24-18,12-7-3-1-4-8-12)26-21(17,25-19(15)23)13-9-5-2-6-10-13/h1-10,14-18,22H,11H2/t14-,15+,16-,17+,18-,20+,21-/m1/s1. The minimum Gasteiger partial charge on any atom is -0.428 e. The molecule has 7 atom stereocenters. The number of benzene rings is 2. The maximum Gasteiger partial charge on any atom is 0.312 e. The van der Waals surface area contributed by atoms with E-state index in [-0.39, 0.29) is 29.6 Å². The van der Waals surface area contributed by atoms with Crippen molar-refractivity contribution in [3.63, 3.8) is 0 Å². The molecule has 2 aromatic rings. The first kappa shape index (κ1) is 14.9. The van der Waals surface area contributed by atoms with Crippen LogP contribution in [0.3, 0.4) is 0 Å². The molecule has 4 aliphatic rings. The lowest BCUT2D eigenvalue weighted by atomic mass is 9.78. The molecule has 4 fully saturated rings. The monoisotopic (exact) mass is 350 g/mol. The SMILES string of the molecule is O=C1O[C@]2(c3ccccc3)O[C@]3(c4ccccc4)O[C@@H](O)[C@@H]4C[C@H]1[C@H]2[C@@H]43. The van der Waals surface area contributed by atoms with Gasteiger partial charge >= 0.3 is 5.97 Å². The lowest BCUT2D eigenvalue weighted by Gasteiger charge is -2.33. The average molecular weight is 350 g/mol. The normalized spacial score (nSPS) is 45.0. The van der Waals surface area contributed by atoms with E-state index in [0.29, 0.717) is 6.42 Å². The van der Waals surface area contributed by atoms with Crippen molar-refractivity contribution in [2.24, 2.45) is 23.7 Å². The topological polar surface area (TPSA) is 65.0 Å². The molecule has 26 heavy (non-hydrogen) atoms. The van der Waals surface area contributed by atoms with E-state index in [0.717, 1.165) is 11.1 Å². The van der Waals surface area contributed by atoms with Gasteiger partial charge in [-0.15, -0.1) is 0 Å². The van der Waals surface area contributed by atoms with Gasteiger partial charge in [-0.2, -0.15) is 0 Å². The molecule has 2 aromatic carbocycles. The van der Waals surface area contributed by atoms with E-state index in [1.54, 1.807) is 0 Å². The smallest absolute Gasteiger partial charge is 0.312 e. The zero-order valence-electron chi connectivity index (χ0n) is 13.9. The number of carbonyl (C=O) groups excluding carboxylic acids is 1. The number of hydrogen-bond acceptors (Lipinski definition) is 5. The third-order valence-corrected chi connectivity index (χ3v) is 6.56. The van der Waals surface area contributed by atoms with Gasteiger partial charge in [-0.05, 0) is 6.42 Å². The van der Waals surface area contributed by atoms with Crippen LogP contribution in [-0.2, 0) is 30.6 Å². The van der Waals surface area contributed by atoms with E-state index < -0.39 is 17.9 Å². The molecule has 3 saturated heterocycles. The van der Waals surface area contributed by atoms with Gasteiger partial charge in [-0.3, -0.25) is 9.53 Å². The number of carbonyl (C=O) groups is 1. The van der Waals surface area contributed by atoms with Crippen LogP contribution in [0, 0.1) is 23.7 Å². The lowest BCUT2D eigenvalue weighted by molar-refractivity contribution is -0.339. The highest BCUT2D eigenvalue weighted by atomic mass is 16.8. The van der Waals surface area contributed by atoms with Gasteiger partial charge in [0, 0.05) is 23.0 Å². The Morgan fingerprint density at radius 1 is 0.885 bits per heavy atom. The Morgan fingerprint density at radius 3 is 2.15 bits per heavy atom. The van der Waals surface area contributed by atoms with Crippen molar-refractivity contribution in [3.8, 4) is 0 Å². The van der Waals surface area contributed by atoms with E-state index in [9.17, 15) is 9.90 Å². The number of aliphatic hydroxyl groups is 1. The maximum absolute atomic E-state index is 12.6. The molecule has 3 aliphatic heterocycles. The second-order valence-corrected chi connectivity index (χ2v) is 7.66. The van der Waals surface area contributed by atoms with E-state index in [1.165, 1.54) is 0 Å². The summed E-state index contributed by atoms with van der Waals surface area (Å²) in [7, 11) is 0. The van der Waals surface area contributed by atoms with Crippen LogP contribution in [0.2, 0.25) is 0 Å². The third-order valence-electron chi connectivity index (χ3n) is 6.56. The third kappa shape index (κ3) is 1.56. The number of ether oxygens (including phenoxy) is 3. The van der Waals surface area contributed by atoms with Crippen LogP contribution in [-0.4, -0.2) is 17.4 Å². The first-order valence-corrected chi connectivity index (χ1v) is 9.06. The fourth-order valence-corrected chi connectivity index (χ4v) is 5.67. The summed E-state index contributed by atoms with van der Waals surface area (Å²) in [5.74, 6) is -3.18. The van der Waals surface area contributed by atoms with Crippen molar-refractivity contribution in [3.05, 3.63) is 71.8 Å². The van der Waals surface area contributed by atoms with E-state index >= 15 is 0 Å². The Morgan fingerprint density at radius 2 is 1.50 bits per heavy atom. The van der Waals surface area contributed by atoms with Crippen LogP contribution >= 0.6 is 0 Å². The van der Waals surface area contributed by atoms with Crippen molar-refractivity contribution < 1.29 is 24.1 Å². The van der Waals surface area contributed by atoms with Gasteiger partial charge in [0.05, 0.1) is 11.8 Å². The Bertz CT molecular complexity index is 884. The van der Waals surface area contributed by atoms with E-state index in [4.69, 9.17) is 14.2 Å². The fraction of sp³-hybridized carbons (Fsp3) is 0.381. The lowest BCUT2D eigenvalue weighted by Crippen LogP contribution is -2.37. The van der Waals surface area contributed by atoms with Crippen LogP contribution in [0.25, 0.3) is 0 Å². The van der Waals surface area contributed by atoms with Crippen LogP contribution < -0.4 is 0 Å². The molecule has 6 rings (SSSR count). The Kier molecular flexibility index (Phi) is 2.72. The minimum atomic E-state index is -1.15. The predicted octanol–water partition coefficient (Wildman–Crippen LogP) is 2.50. The van der Waals surface area contributed by atoms with Gasteiger partial charge in [0.1, 0.15) is 0 Å². The summed E-state index contributed by atoms with van der Waals surface area (Å²) < 4.78 is 18.5. The van der Waals surface area contributed by atoms with Crippen LogP contribution in [0.15, 0.2) is 60.7 Å². The molecule has 0 amide bonds. The van der Waals surface area contributed by atoms with Crippen LogP contribution in [0.5, 0.6) is 0 Å². The molecule has 1 N–H and O–H groups in total. The molecule has 0 radical (unpaired) electrons. The summed E-state index contributed by atoms with van der Waals surface area (Å²) in [6, 6.07) is 19.3. The zero-order valence-corrected chi connectivity index (χ0v) is 13.9. The second kappa shape index (κ2) is 4.74. The largest absolute Gasteiger partial charge is 0.428 e. The molecular weight excluding hydrogens is 332 g/mol. The summed E-state index contributed by atoms with van der Waals surface area (Å²) >= 11 is 0. The summed E-state index contributed by atoms with van der Waals surface area (Å²) in [4.78, 5) is 12.6. The van der Waals surface area contributed by atoms with Crippen LogP contribution in [0.4, 0.5) is 0 Å². The van der Waals surface area contributed by atoms with Crippen LogP contribution in [0.1, 0.15) is 17.5 Å². The molecule has 0 bridgehead atoms. The fourth-order valence-electron chi connectivity index (χ4n) is 5.67. The molecule has 5 heteroatoms. The summed E-state index contributed by atoms with van der Waals surface area (Å²) in [5, 5.41) is 10.6. The second-order valence-electron chi connectivity index (χ2n) is 7.66. The first-order valence-electron chi connectivity index (χ1n) is 9.06. The Hall–Kier alpha value is -2.21. The highest BCUT2D eigenvalue weighted by Gasteiger charge is 2.81. The van der Waals surface area contributed by atoms with Gasteiger partial charge in [-0.25, -0.2) is 0 Å². The molecule has 0 spiro atoms. The van der Waals surface area contributed by atoms with Crippen molar-refractivity contribution >= 4 is 5.97 Å². The number of esters is 1. The minimum absolute atomic E-state index is 0.128. The predicted molar refractivity (Wildman–Crippen MR) is 89.1 cm³/mol. The highest BCUT2D eigenvalue weighted by molar-refractivity contribution is 5.77. The van der Waals surface area contributed by atoms with Crippen molar-refractivity contribution in [1.29, 1.82) is 0 Å². The summed E-state index contributed by atoms with van der Waals surface area (Å²) in [6.45, 7) is 0. The molecule has 5 nitrogen and oxygen atoms in total. The number of aliphatic hydroxyl groups excluding tert-OH is 1. The molecule has 1 aliphatic carbocycles. The molecule has 0 unspecified atom stereocenters. The van der Waals surface area contributed by atoms with Gasteiger partial charge in [0.25, 0.3) is 0 Å². The Balaban J connectivity index is 1.59. The Labute approximate surface area is 150 Å². The van der Waals surface area contributed by atoms with Crippen molar-refractivity contribution in [2.75, 3.05) is 0 Å². The van der Waals surface area contributed by atoms with Gasteiger partial charge in [0.2, 0.25) is 11.6 Å². The first-order chi connectivity index (χ1) is 12.7. The quantitative estimate of drug-likeness (QED) is 0.843. The van der Waals surface area contributed by atoms with Crippen molar-refractivity contribution in [2.45, 2.75) is 24.3 Å². The maximum atomic E-state index is 12.6.